The molecule has 0 radical (unpaired) electrons. The number of aliphatic hydroxyl groups is 1. The first-order valence-corrected chi connectivity index (χ1v) is 17.2. The molecular formula is C34H49N5O6S. The van der Waals surface area contributed by atoms with Crippen LogP contribution in [0.2, 0.25) is 0 Å². The van der Waals surface area contributed by atoms with Gasteiger partial charge in [-0.15, -0.1) is 11.3 Å². The molecular weight excluding hydrogens is 606 g/mol. The van der Waals surface area contributed by atoms with Crippen molar-refractivity contribution < 1.29 is 29.0 Å². The third kappa shape index (κ3) is 9.13. The number of nitrogens with one attached hydrogen (secondary N) is 2. The maximum absolute atomic E-state index is 13.8. The monoisotopic (exact) mass is 655 g/mol. The summed E-state index contributed by atoms with van der Waals surface area (Å²) >= 11 is 1.61. The summed E-state index contributed by atoms with van der Waals surface area (Å²) in [5.74, 6) is -0.663. The molecule has 0 aliphatic carbocycles. The van der Waals surface area contributed by atoms with Crippen molar-refractivity contribution in [2.45, 2.75) is 84.9 Å². The first-order chi connectivity index (χ1) is 21.9. The minimum absolute atomic E-state index is 0.0697. The average Bonchev–Trinajstić information content (AvgIpc) is 3.63. The van der Waals surface area contributed by atoms with E-state index in [9.17, 15) is 24.3 Å². The highest BCUT2D eigenvalue weighted by atomic mass is 32.1. The topological polar surface area (TPSA) is 141 Å². The quantitative estimate of drug-likeness (QED) is 0.280. The first-order valence-electron chi connectivity index (χ1n) is 16.3. The van der Waals surface area contributed by atoms with Crippen LogP contribution in [0.5, 0.6) is 0 Å². The number of hydrogen-bond acceptors (Lipinski definition) is 9. The molecule has 4 rings (SSSR count). The fraction of sp³-hybridized carbons (Fsp3) is 0.618. The number of hydrogen-bond donors (Lipinski definition) is 3. The molecule has 3 heterocycles. The molecule has 46 heavy (non-hydrogen) atoms. The summed E-state index contributed by atoms with van der Waals surface area (Å²) in [7, 11) is 0. The van der Waals surface area contributed by atoms with E-state index >= 15 is 0 Å². The van der Waals surface area contributed by atoms with Crippen molar-refractivity contribution in [1.29, 1.82) is 0 Å². The Hall–Kier alpha value is -3.35. The minimum Gasteiger partial charge on any atom is -0.466 e. The van der Waals surface area contributed by atoms with Crippen LogP contribution < -0.4 is 10.6 Å². The number of amides is 3. The Morgan fingerprint density at radius 3 is 2.48 bits per heavy atom. The molecule has 2 saturated heterocycles. The summed E-state index contributed by atoms with van der Waals surface area (Å²) < 4.78 is 5.06. The number of aromatic nitrogens is 1. The third-order valence-corrected chi connectivity index (χ3v) is 10.3. The van der Waals surface area contributed by atoms with Crippen molar-refractivity contribution in [1.82, 2.24) is 25.4 Å². The number of benzene rings is 1. The molecule has 0 bridgehead atoms. The second-order valence-electron chi connectivity index (χ2n) is 13.1. The van der Waals surface area contributed by atoms with E-state index in [-0.39, 0.29) is 49.1 Å². The second kappa shape index (κ2) is 16.0. The van der Waals surface area contributed by atoms with Crippen LogP contribution in [0.1, 0.15) is 64.6 Å². The standard InChI is InChI=1S/C34H49N5O6S/c1-6-45-30(42)17-25-12-15-38(16-13-25)20-29(41)37-23(3)34(4,5)33(44)39-19-27(40)18-28(39)32(43)35-14-11-24-7-9-26(10-8-24)31-22(2)36-21-46-31/h7-10,21,23,25,27-28,40H,6,11-20H2,1-5H3,(H,35,43)(H,37,41)/t23-,27+,28-/m0/s1. The molecule has 252 valence electrons. The highest BCUT2D eigenvalue weighted by molar-refractivity contribution is 7.13. The average molecular weight is 656 g/mol. The molecule has 12 heteroatoms. The molecule has 0 spiro atoms. The van der Waals surface area contributed by atoms with E-state index in [0.29, 0.717) is 39.1 Å². The molecule has 2 aromatic rings. The van der Waals surface area contributed by atoms with Crippen LogP contribution in [0, 0.1) is 18.3 Å². The molecule has 2 fully saturated rings. The number of carbonyl (C=O) groups excluding carboxylic acids is 4. The lowest BCUT2D eigenvalue weighted by atomic mass is 9.83. The molecule has 2 aliphatic rings. The third-order valence-electron chi connectivity index (χ3n) is 9.36. The van der Waals surface area contributed by atoms with E-state index in [0.717, 1.165) is 34.5 Å². The van der Waals surface area contributed by atoms with E-state index < -0.39 is 23.6 Å². The zero-order valence-electron chi connectivity index (χ0n) is 27.7. The summed E-state index contributed by atoms with van der Waals surface area (Å²) in [5.41, 5.74) is 4.02. The Labute approximate surface area is 276 Å². The Bertz CT molecular complexity index is 1350. The number of rotatable bonds is 13. The van der Waals surface area contributed by atoms with Gasteiger partial charge in [-0.05, 0) is 84.0 Å². The highest BCUT2D eigenvalue weighted by Crippen LogP contribution is 2.30. The Balaban J connectivity index is 1.24. The van der Waals surface area contributed by atoms with Crippen molar-refractivity contribution >= 4 is 35.0 Å². The van der Waals surface area contributed by atoms with Crippen LogP contribution in [-0.4, -0.2) is 101 Å². The summed E-state index contributed by atoms with van der Waals surface area (Å²) in [5, 5.41) is 16.4. The first kappa shape index (κ1) is 35.5. The normalized spacial score (nSPS) is 19.9. The number of thiazole rings is 1. The number of esters is 1. The smallest absolute Gasteiger partial charge is 0.306 e. The van der Waals surface area contributed by atoms with Crippen molar-refractivity contribution in [3.63, 3.8) is 0 Å². The number of β-amino-alcohol motifs (C(OH)–C–C–N with tert-alkyl or cyclic N) is 1. The maximum atomic E-state index is 13.8. The molecule has 1 aromatic carbocycles. The summed E-state index contributed by atoms with van der Waals surface area (Å²) in [4.78, 5) is 60.7. The van der Waals surface area contributed by atoms with Crippen LogP contribution in [-0.2, 0) is 30.3 Å². The van der Waals surface area contributed by atoms with Gasteiger partial charge < -0.3 is 25.4 Å². The predicted octanol–water partition coefficient (Wildman–Crippen LogP) is 2.94. The van der Waals surface area contributed by atoms with E-state index in [1.54, 1.807) is 39.0 Å². The van der Waals surface area contributed by atoms with Gasteiger partial charge in [0, 0.05) is 32.0 Å². The van der Waals surface area contributed by atoms with Crippen molar-refractivity contribution in [3.05, 3.63) is 41.0 Å². The lowest BCUT2D eigenvalue weighted by Gasteiger charge is -2.37. The van der Waals surface area contributed by atoms with E-state index in [4.69, 9.17) is 4.74 Å². The van der Waals surface area contributed by atoms with E-state index in [1.165, 1.54) is 4.90 Å². The van der Waals surface area contributed by atoms with Gasteiger partial charge in [0.05, 0.1) is 40.8 Å². The Morgan fingerprint density at radius 1 is 1.15 bits per heavy atom. The minimum atomic E-state index is -1.01. The van der Waals surface area contributed by atoms with Crippen LogP contribution in [0.3, 0.4) is 0 Å². The molecule has 3 N–H and O–H groups in total. The largest absolute Gasteiger partial charge is 0.466 e. The molecule has 2 aliphatic heterocycles. The molecule has 0 saturated carbocycles. The van der Waals surface area contributed by atoms with Crippen molar-refractivity contribution in [2.75, 3.05) is 39.3 Å². The SMILES string of the molecule is CCOC(=O)CC1CCN(CC(=O)N[C@@H](C)C(C)(C)C(=O)N2C[C@H](O)C[C@H]2C(=O)NCCc2ccc(-c3scnc3C)cc2)CC1. The highest BCUT2D eigenvalue weighted by Gasteiger charge is 2.46. The second-order valence-corrected chi connectivity index (χ2v) is 14.0. The molecule has 3 atom stereocenters. The number of nitrogens with zero attached hydrogens (tertiary/aromatic N) is 3. The van der Waals surface area contributed by atoms with Gasteiger partial charge in [-0.25, -0.2) is 4.98 Å². The maximum Gasteiger partial charge on any atom is 0.306 e. The lowest BCUT2D eigenvalue weighted by molar-refractivity contribution is -0.147. The fourth-order valence-corrected chi connectivity index (χ4v) is 6.98. The number of aryl methyl sites for hydroxylation is 1. The Morgan fingerprint density at radius 2 is 1.85 bits per heavy atom. The van der Waals surface area contributed by atoms with Gasteiger partial charge in [0.2, 0.25) is 17.7 Å². The van der Waals surface area contributed by atoms with Crippen molar-refractivity contribution in [2.24, 2.45) is 11.3 Å². The van der Waals surface area contributed by atoms with E-state index in [1.807, 2.05) is 24.6 Å². The number of piperidine rings is 1. The van der Waals surface area contributed by atoms with Gasteiger partial charge >= 0.3 is 5.97 Å². The molecule has 3 amide bonds. The number of aliphatic hydroxyl groups excluding tert-OH is 1. The zero-order valence-corrected chi connectivity index (χ0v) is 28.5. The predicted molar refractivity (Wildman–Crippen MR) is 177 cm³/mol. The van der Waals surface area contributed by atoms with Gasteiger partial charge in [-0.2, -0.15) is 0 Å². The number of carbonyl (C=O) groups is 4. The lowest BCUT2D eigenvalue weighted by Crippen LogP contribution is -2.56. The van der Waals surface area contributed by atoms with Gasteiger partial charge in [0.15, 0.2) is 0 Å². The van der Waals surface area contributed by atoms with Crippen molar-refractivity contribution in [3.8, 4) is 10.4 Å². The number of likely N-dealkylation sites (tertiary alicyclic amines) is 2. The van der Waals surface area contributed by atoms with Gasteiger partial charge in [0.25, 0.3) is 0 Å². The summed E-state index contributed by atoms with van der Waals surface area (Å²) in [6.45, 7) is 11.6. The zero-order chi connectivity index (χ0) is 33.4. The fourth-order valence-electron chi connectivity index (χ4n) is 6.17. The van der Waals surface area contributed by atoms with Crippen LogP contribution in [0.25, 0.3) is 10.4 Å². The van der Waals surface area contributed by atoms with Crippen LogP contribution in [0.4, 0.5) is 0 Å². The van der Waals surface area contributed by atoms with Gasteiger partial charge in [0.1, 0.15) is 6.04 Å². The summed E-state index contributed by atoms with van der Waals surface area (Å²) in [6.07, 6.45) is 2.07. The summed E-state index contributed by atoms with van der Waals surface area (Å²) in [6, 6.07) is 6.92. The van der Waals surface area contributed by atoms with Gasteiger partial charge in [-0.3, -0.25) is 24.1 Å². The van der Waals surface area contributed by atoms with Gasteiger partial charge in [-0.1, -0.05) is 24.3 Å². The van der Waals surface area contributed by atoms with E-state index in [2.05, 4.69) is 32.7 Å². The van der Waals surface area contributed by atoms with Crippen LogP contribution in [0.15, 0.2) is 29.8 Å². The molecule has 1 aromatic heterocycles. The molecule has 11 nitrogen and oxygen atoms in total. The van der Waals surface area contributed by atoms with Crippen LogP contribution >= 0.6 is 11.3 Å². The Kier molecular flexibility index (Phi) is 12.3. The molecule has 0 unspecified atom stereocenters. The number of ether oxygens (including phenoxy) is 1.